The number of carbonyl (C=O) groups is 1. The lowest BCUT2D eigenvalue weighted by atomic mass is 10.0. The third kappa shape index (κ3) is 4.48. The molecule has 0 atom stereocenters. The molecule has 0 aliphatic rings. The zero-order valence-corrected chi connectivity index (χ0v) is 15.1. The molecule has 2 aromatic heterocycles. The van der Waals surface area contributed by atoms with Crippen molar-refractivity contribution in [3.63, 3.8) is 0 Å². The fraction of sp³-hybridized carbons (Fsp3) is 0.167. The second-order valence-electron chi connectivity index (χ2n) is 5.64. The number of Topliss-reactive ketones (excluding diaryl/α,β-unsaturated/α-hetero) is 1. The largest absolute Gasteiger partial charge is 0.417 e. The molecule has 0 saturated heterocycles. The van der Waals surface area contributed by atoms with Gasteiger partial charge >= 0.3 is 6.18 Å². The van der Waals surface area contributed by atoms with Crippen molar-refractivity contribution in [2.45, 2.75) is 19.0 Å². The number of benzene rings is 1. The highest BCUT2D eigenvalue weighted by molar-refractivity contribution is 6.34. The number of nitrogens with zero attached hydrogens (tertiary/aromatic N) is 2. The summed E-state index contributed by atoms with van der Waals surface area (Å²) in [7, 11) is 0. The molecule has 0 spiro atoms. The minimum atomic E-state index is -4.51. The van der Waals surface area contributed by atoms with Gasteiger partial charge in [0, 0.05) is 30.7 Å². The van der Waals surface area contributed by atoms with Gasteiger partial charge in [0.05, 0.1) is 16.1 Å². The van der Waals surface area contributed by atoms with E-state index in [2.05, 4.69) is 10.1 Å². The van der Waals surface area contributed by atoms with Crippen LogP contribution in [0.2, 0.25) is 10.2 Å². The van der Waals surface area contributed by atoms with E-state index in [-0.39, 0.29) is 51.4 Å². The summed E-state index contributed by atoms with van der Waals surface area (Å²) in [6.45, 7) is 0. The van der Waals surface area contributed by atoms with Gasteiger partial charge in [-0.25, -0.2) is 4.98 Å². The minimum Gasteiger partial charge on any atom is -0.361 e. The average Bonchev–Trinajstić information content (AvgIpc) is 3.10. The summed E-state index contributed by atoms with van der Waals surface area (Å²) in [5.74, 6) is -0.0370. The summed E-state index contributed by atoms with van der Waals surface area (Å²) in [6.07, 6.45) is -3.04. The Morgan fingerprint density at radius 3 is 2.63 bits per heavy atom. The normalized spacial score (nSPS) is 11.6. The third-order valence-corrected chi connectivity index (χ3v) is 4.28. The van der Waals surface area contributed by atoms with Gasteiger partial charge in [-0.1, -0.05) is 46.6 Å². The zero-order chi connectivity index (χ0) is 19.6. The third-order valence-electron chi connectivity index (χ3n) is 3.77. The van der Waals surface area contributed by atoms with Gasteiger partial charge in [-0.3, -0.25) is 4.79 Å². The van der Waals surface area contributed by atoms with E-state index in [1.54, 1.807) is 0 Å². The molecule has 1 aromatic carbocycles. The first-order valence-corrected chi connectivity index (χ1v) is 8.47. The maximum absolute atomic E-state index is 13.1. The number of hydrogen-bond donors (Lipinski definition) is 0. The number of aromatic nitrogens is 2. The lowest BCUT2D eigenvalue weighted by Gasteiger charge is -2.10. The number of halogens is 5. The predicted molar refractivity (Wildman–Crippen MR) is 93.8 cm³/mol. The van der Waals surface area contributed by atoms with Crippen molar-refractivity contribution in [1.29, 1.82) is 0 Å². The molecule has 0 aliphatic carbocycles. The summed E-state index contributed by atoms with van der Waals surface area (Å²) in [6, 6.07) is 7.86. The van der Waals surface area contributed by atoms with E-state index in [0.717, 1.165) is 6.07 Å². The van der Waals surface area contributed by atoms with E-state index >= 15 is 0 Å². The Balaban J connectivity index is 1.76. The van der Waals surface area contributed by atoms with Crippen LogP contribution >= 0.6 is 23.2 Å². The van der Waals surface area contributed by atoms with Gasteiger partial charge in [0.25, 0.3) is 0 Å². The smallest absolute Gasteiger partial charge is 0.361 e. The summed E-state index contributed by atoms with van der Waals surface area (Å²) in [5, 5.41) is 4.00. The van der Waals surface area contributed by atoms with Crippen LogP contribution in [0.1, 0.15) is 28.1 Å². The Bertz CT molecular complexity index is 987. The van der Waals surface area contributed by atoms with Crippen molar-refractivity contribution in [1.82, 2.24) is 10.1 Å². The van der Waals surface area contributed by atoms with Crippen molar-refractivity contribution >= 4 is 29.0 Å². The van der Waals surface area contributed by atoms with Crippen LogP contribution in [0.15, 0.2) is 47.1 Å². The van der Waals surface area contributed by atoms with Crippen molar-refractivity contribution in [3.8, 4) is 11.3 Å². The number of carbonyl (C=O) groups excluding carboxylic acids is 1. The number of alkyl halides is 3. The monoisotopic (exact) mass is 414 g/mol. The van der Waals surface area contributed by atoms with Crippen LogP contribution in [-0.4, -0.2) is 15.9 Å². The Hall–Kier alpha value is -2.38. The molecule has 27 heavy (non-hydrogen) atoms. The fourth-order valence-electron chi connectivity index (χ4n) is 2.50. The summed E-state index contributed by atoms with van der Waals surface area (Å²) < 4.78 is 44.4. The molecular formula is C18H11Cl2F3N2O2. The van der Waals surface area contributed by atoms with Crippen LogP contribution in [0.3, 0.4) is 0 Å². The first kappa shape index (κ1) is 19.4. The molecule has 0 fully saturated rings. The zero-order valence-electron chi connectivity index (χ0n) is 13.6. The molecule has 0 N–H and O–H groups in total. The predicted octanol–water partition coefficient (Wildman–Crippen LogP) is 5.88. The topological polar surface area (TPSA) is 56.0 Å². The molecule has 0 radical (unpaired) electrons. The highest BCUT2D eigenvalue weighted by Gasteiger charge is 2.34. The molecule has 0 aliphatic heterocycles. The molecule has 0 bridgehead atoms. The van der Waals surface area contributed by atoms with Crippen molar-refractivity contribution in [2.75, 3.05) is 0 Å². The second-order valence-corrected chi connectivity index (χ2v) is 6.43. The summed E-state index contributed by atoms with van der Waals surface area (Å²) in [4.78, 5) is 16.1. The Morgan fingerprint density at radius 2 is 1.89 bits per heavy atom. The van der Waals surface area contributed by atoms with Gasteiger partial charge in [0.1, 0.15) is 16.6 Å². The average molecular weight is 415 g/mol. The van der Waals surface area contributed by atoms with E-state index in [1.807, 2.05) is 0 Å². The van der Waals surface area contributed by atoms with Gasteiger partial charge < -0.3 is 4.52 Å². The molecule has 0 amide bonds. The highest BCUT2D eigenvalue weighted by Crippen LogP contribution is 2.36. The van der Waals surface area contributed by atoms with Crippen LogP contribution in [0.5, 0.6) is 0 Å². The van der Waals surface area contributed by atoms with E-state index in [0.29, 0.717) is 0 Å². The van der Waals surface area contributed by atoms with Crippen LogP contribution in [0, 0.1) is 0 Å². The molecule has 2 heterocycles. The minimum absolute atomic E-state index is 0.0112. The van der Waals surface area contributed by atoms with Crippen molar-refractivity contribution < 1.29 is 22.5 Å². The number of rotatable bonds is 5. The van der Waals surface area contributed by atoms with Crippen LogP contribution in [0.4, 0.5) is 13.2 Å². The summed E-state index contributed by atoms with van der Waals surface area (Å²) in [5.41, 5.74) is -0.676. The summed E-state index contributed by atoms with van der Waals surface area (Å²) >= 11 is 11.7. The van der Waals surface area contributed by atoms with Crippen molar-refractivity contribution in [3.05, 3.63) is 69.7 Å². The molecule has 0 saturated carbocycles. The fourth-order valence-corrected chi connectivity index (χ4v) is 2.87. The standard InChI is InChI=1S/C18H11Cl2F3N2O2/c19-10-7-13(17(20)24-9-10)16(26)6-5-11-8-15(25-27-11)12-3-1-2-4-14(12)18(21,22)23/h1-4,7-9H,5-6H2. The molecule has 3 rings (SSSR count). The molecule has 3 aromatic rings. The number of ketones is 1. The van der Waals surface area contributed by atoms with Gasteiger partial charge in [-0.15, -0.1) is 0 Å². The lowest BCUT2D eigenvalue weighted by molar-refractivity contribution is -0.137. The molecule has 9 heteroatoms. The molecular weight excluding hydrogens is 404 g/mol. The van der Waals surface area contributed by atoms with E-state index in [1.165, 1.54) is 36.5 Å². The first-order valence-electron chi connectivity index (χ1n) is 7.72. The number of pyridine rings is 1. The van der Waals surface area contributed by atoms with Crippen molar-refractivity contribution in [2.24, 2.45) is 0 Å². The number of aryl methyl sites for hydroxylation is 1. The van der Waals surface area contributed by atoms with Gasteiger partial charge in [-0.05, 0) is 12.1 Å². The van der Waals surface area contributed by atoms with E-state index in [4.69, 9.17) is 27.7 Å². The maximum Gasteiger partial charge on any atom is 0.417 e. The van der Waals surface area contributed by atoms with Gasteiger partial charge in [-0.2, -0.15) is 13.2 Å². The SMILES string of the molecule is O=C(CCc1cc(-c2ccccc2C(F)(F)F)no1)c1cc(Cl)cnc1Cl. The lowest BCUT2D eigenvalue weighted by Crippen LogP contribution is -2.06. The molecule has 140 valence electrons. The molecule has 4 nitrogen and oxygen atoms in total. The van der Waals surface area contributed by atoms with Gasteiger partial charge in [0.15, 0.2) is 5.78 Å². The van der Waals surface area contributed by atoms with E-state index in [9.17, 15) is 18.0 Å². The Morgan fingerprint density at radius 1 is 1.15 bits per heavy atom. The molecule has 0 unspecified atom stereocenters. The highest BCUT2D eigenvalue weighted by atomic mass is 35.5. The first-order chi connectivity index (χ1) is 12.8. The number of hydrogen-bond acceptors (Lipinski definition) is 4. The Kier molecular flexibility index (Phi) is 5.53. The van der Waals surface area contributed by atoms with Gasteiger partial charge in [0.2, 0.25) is 0 Å². The van der Waals surface area contributed by atoms with Crippen LogP contribution in [-0.2, 0) is 12.6 Å². The Labute approximate surface area is 161 Å². The second kappa shape index (κ2) is 7.70. The maximum atomic E-state index is 13.1. The van der Waals surface area contributed by atoms with E-state index < -0.39 is 11.7 Å². The van der Waals surface area contributed by atoms with Crippen LogP contribution < -0.4 is 0 Å². The van der Waals surface area contributed by atoms with Crippen LogP contribution in [0.25, 0.3) is 11.3 Å². The quantitative estimate of drug-likeness (QED) is 0.386.